The second kappa shape index (κ2) is 3.55. The van der Waals surface area contributed by atoms with E-state index in [1.54, 1.807) is 18.2 Å². The van der Waals surface area contributed by atoms with Crippen LogP contribution in [0.15, 0.2) is 45.6 Å². The van der Waals surface area contributed by atoms with Crippen LogP contribution in [-0.2, 0) is 0 Å². The van der Waals surface area contributed by atoms with E-state index in [1.165, 1.54) is 18.2 Å². The highest BCUT2D eigenvalue weighted by molar-refractivity contribution is 5.82. The van der Waals surface area contributed by atoms with E-state index in [2.05, 4.69) is 10.2 Å². The van der Waals surface area contributed by atoms with Crippen LogP contribution in [-0.4, -0.2) is 10.2 Å². The molecule has 5 heteroatoms. The van der Waals surface area contributed by atoms with E-state index in [1.807, 2.05) is 0 Å². The average Bonchev–Trinajstić information content (AvgIpc) is 2.75. The number of benzene rings is 1. The molecule has 17 heavy (non-hydrogen) atoms. The fourth-order valence-electron chi connectivity index (χ4n) is 1.64. The smallest absolute Gasteiger partial charge is 0.264 e. The highest BCUT2D eigenvalue weighted by Gasteiger charge is 2.10. The minimum Gasteiger partial charge on any atom is -0.451 e. The van der Waals surface area contributed by atoms with Gasteiger partial charge in [-0.2, -0.15) is 5.10 Å². The molecule has 3 rings (SSSR count). The molecular formula is C12H7FN2O2. The van der Waals surface area contributed by atoms with E-state index in [4.69, 9.17) is 4.42 Å². The lowest BCUT2D eigenvalue weighted by molar-refractivity contribution is 0.567. The number of H-pyrrole nitrogens is 1. The highest BCUT2D eigenvalue weighted by atomic mass is 19.1. The van der Waals surface area contributed by atoms with Crippen molar-refractivity contribution in [2.45, 2.75) is 0 Å². The summed E-state index contributed by atoms with van der Waals surface area (Å²) in [6, 6.07) is 9.23. The summed E-state index contributed by atoms with van der Waals surface area (Å²) in [6.45, 7) is 0. The van der Waals surface area contributed by atoms with Gasteiger partial charge >= 0.3 is 0 Å². The number of furan rings is 1. The van der Waals surface area contributed by atoms with Crippen molar-refractivity contribution < 1.29 is 8.81 Å². The molecule has 0 radical (unpaired) electrons. The third kappa shape index (κ3) is 1.61. The molecule has 0 amide bonds. The van der Waals surface area contributed by atoms with Crippen LogP contribution in [0.4, 0.5) is 4.39 Å². The summed E-state index contributed by atoms with van der Waals surface area (Å²) < 4.78 is 18.8. The molecule has 3 aromatic rings. The molecule has 0 aliphatic heterocycles. The van der Waals surface area contributed by atoms with Crippen LogP contribution in [0.25, 0.3) is 22.4 Å². The molecule has 0 aliphatic carbocycles. The van der Waals surface area contributed by atoms with Crippen molar-refractivity contribution in [2.24, 2.45) is 0 Å². The van der Waals surface area contributed by atoms with Crippen LogP contribution in [0, 0.1) is 5.82 Å². The summed E-state index contributed by atoms with van der Waals surface area (Å²) in [4.78, 5) is 10.9. The first-order valence-corrected chi connectivity index (χ1v) is 4.98. The van der Waals surface area contributed by atoms with Gasteiger partial charge < -0.3 is 4.42 Å². The summed E-state index contributed by atoms with van der Waals surface area (Å²) in [5.41, 5.74) is 0.353. The van der Waals surface area contributed by atoms with Crippen molar-refractivity contribution in [2.75, 3.05) is 0 Å². The normalized spacial score (nSPS) is 10.9. The molecule has 0 saturated carbocycles. The third-order valence-corrected chi connectivity index (χ3v) is 2.43. The first-order valence-electron chi connectivity index (χ1n) is 4.98. The summed E-state index contributed by atoms with van der Waals surface area (Å²) in [7, 11) is 0. The number of aromatic amines is 1. The molecule has 0 unspecified atom stereocenters. The molecule has 0 spiro atoms. The first kappa shape index (κ1) is 9.77. The van der Waals surface area contributed by atoms with Crippen molar-refractivity contribution in [1.82, 2.24) is 10.2 Å². The van der Waals surface area contributed by atoms with Crippen molar-refractivity contribution in [3.63, 3.8) is 0 Å². The van der Waals surface area contributed by atoms with Gasteiger partial charge in [0.25, 0.3) is 5.56 Å². The van der Waals surface area contributed by atoms with Gasteiger partial charge in [0.05, 0.1) is 0 Å². The Bertz CT molecular complexity index is 725. The molecule has 1 aromatic carbocycles. The third-order valence-electron chi connectivity index (χ3n) is 2.43. The highest BCUT2D eigenvalue weighted by Crippen LogP contribution is 2.27. The molecule has 0 saturated heterocycles. The van der Waals surface area contributed by atoms with Crippen LogP contribution in [0.3, 0.4) is 0 Å². The SMILES string of the molecule is O=c1ccc(-c2cc3cccc(F)c3o2)n[nH]1. The van der Waals surface area contributed by atoms with Crippen LogP contribution >= 0.6 is 0 Å². The summed E-state index contributed by atoms with van der Waals surface area (Å²) in [5, 5.41) is 6.78. The lowest BCUT2D eigenvalue weighted by Crippen LogP contribution is -2.05. The molecule has 1 N–H and O–H groups in total. The second-order valence-corrected chi connectivity index (χ2v) is 3.58. The second-order valence-electron chi connectivity index (χ2n) is 3.58. The van der Waals surface area contributed by atoms with Gasteiger partial charge in [-0.3, -0.25) is 4.79 Å². The van der Waals surface area contributed by atoms with E-state index in [-0.39, 0.29) is 11.1 Å². The van der Waals surface area contributed by atoms with Gasteiger partial charge in [0, 0.05) is 11.5 Å². The average molecular weight is 230 g/mol. The number of halogens is 1. The van der Waals surface area contributed by atoms with Crippen molar-refractivity contribution in [1.29, 1.82) is 0 Å². The Labute approximate surface area is 94.7 Å². The maximum Gasteiger partial charge on any atom is 0.264 e. The predicted octanol–water partition coefficient (Wildman–Crippen LogP) is 2.32. The van der Waals surface area contributed by atoms with E-state index < -0.39 is 5.82 Å². The quantitative estimate of drug-likeness (QED) is 0.697. The topological polar surface area (TPSA) is 58.9 Å². The lowest BCUT2D eigenvalue weighted by atomic mass is 10.2. The van der Waals surface area contributed by atoms with Crippen LogP contribution in [0.5, 0.6) is 0 Å². The van der Waals surface area contributed by atoms with Gasteiger partial charge in [-0.25, -0.2) is 9.49 Å². The van der Waals surface area contributed by atoms with E-state index in [0.29, 0.717) is 16.8 Å². The van der Waals surface area contributed by atoms with Crippen molar-refractivity contribution >= 4 is 11.0 Å². The zero-order valence-electron chi connectivity index (χ0n) is 8.61. The Morgan fingerprint density at radius 1 is 1.24 bits per heavy atom. The standard InChI is InChI=1S/C12H7FN2O2/c13-8-3-1-2-7-6-10(17-12(7)8)9-4-5-11(16)15-14-9/h1-6H,(H,15,16). The summed E-state index contributed by atoms with van der Waals surface area (Å²) in [5.74, 6) is -0.000440. The molecule has 0 atom stereocenters. The van der Waals surface area contributed by atoms with Crippen molar-refractivity contribution in [3.8, 4) is 11.5 Å². The molecular weight excluding hydrogens is 223 g/mol. The van der Waals surface area contributed by atoms with Gasteiger partial charge in [-0.1, -0.05) is 12.1 Å². The molecule has 4 nitrogen and oxygen atoms in total. The minimum atomic E-state index is -0.418. The Kier molecular flexibility index (Phi) is 2.04. The van der Waals surface area contributed by atoms with Gasteiger partial charge in [0.15, 0.2) is 17.2 Å². The summed E-state index contributed by atoms with van der Waals surface area (Å²) >= 11 is 0. The fourth-order valence-corrected chi connectivity index (χ4v) is 1.64. The van der Waals surface area contributed by atoms with Gasteiger partial charge in [0.1, 0.15) is 5.69 Å². The number of nitrogens with one attached hydrogen (secondary N) is 1. The molecule has 0 bridgehead atoms. The number of para-hydroxylation sites is 1. The number of nitrogens with zero attached hydrogens (tertiary/aromatic N) is 1. The lowest BCUT2D eigenvalue weighted by Gasteiger charge is -1.92. The van der Waals surface area contributed by atoms with E-state index in [0.717, 1.165) is 0 Å². The molecule has 2 aromatic heterocycles. The Hall–Kier alpha value is -2.43. The maximum atomic E-state index is 13.4. The molecule has 2 heterocycles. The molecule has 0 fully saturated rings. The number of aromatic nitrogens is 2. The van der Waals surface area contributed by atoms with E-state index in [9.17, 15) is 9.18 Å². The zero-order valence-corrected chi connectivity index (χ0v) is 8.61. The van der Waals surface area contributed by atoms with Crippen LogP contribution < -0.4 is 5.56 Å². The summed E-state index contributed by atoms with van der Waals surface area (Å²) in [6.07, 6.45) is 0. The maximum absolute atomic E-state index is 13.4. The Morgan fingerprint density at radius 2 is 2.12 bits per heavy atom. The monoisotopic (exact) mass is 230 g/mol. The Morgan fingerprint density at radius 3 is 2.82 bits per heavy atom. The predicted molar refractivity (Wildman–Crippen MR) is 60.0 cm³/mol. The van der Waals surface area contributed by atoms with Crippen LogP contribution in [0.2, 0.25) is 0 Å². The van der Waals surface area contributed by atoms with E-state index >= 15 is 0 Å². The first-order chi connectivity index (χ1) is 8.24. The number of hydrogen-bond acceptors (Lipinski definition) is 3. The molecule has 0 aliphatic rings. The fraction of sp³-hybridized carbons (Fsp3) is 0. The number of fused-ring (bicyclic) bond motifs is 1. The van der Waals surface area contributed by atoms with Crippen LogP contribution in [0.1, 0.15) is 0 Å². The van der Waals surface area contributed by atoms with Crippen molar-refractivity contribution in [3.05, 3.63) is 52.6 Å². The number of rotatable bonds is 1. The van der Waals surface area contributed by atoms with Gasteiger partial charge in [-0.05, 0) is 18.2 Å². The minimum absolute atomic E-state index is 0.190. The zero-order chi connectivity index (χ0) is 11.8. The Balaban J connectivity index is 2.21. The van der Waals surface area contributed by atoms with Gasteiger partial charge in [0.2, 0.25) is 0 Å². The largest absolute Gasteiger partial charge is 0.451 e. The number of hydrogen-bond donors (Lipinski definition) is 1. The van der Waals surface area contributed by atoms with Gasteiger partial charge in [-0.15, -0.1) is 0 Å². The molecule has 84 valence electrons.